The first-order valence-corrected chi connectivity index (χ1v) is 6.07. The van der Waals surface area contributed by atoms with E-state index in [1.54, 1.807) is 26.6 Å². The minimum Gasteiger partial charge on any atom is -0.352 e. The number of hydrogen-bond donors (Lipinski definition) is 0. The molecule has 98 valence electrons. The van der Waals surface area contributed by atoms with Crippen LogP contribution >= 0.6 is 0 Å². The van der Waals surface area contributed by atoms with Gasteiger partial charge in [-0.05, 0) is 23.3 Å². The van der Waals surface area contributed by atoms with Gasteiger partial charge in [0.25, 0.3) is 0 Å². The maximum atomic E-state index is 5.21. The molecule has 0 aliphatic heterocycles. The maximum Gasteiger partial charge on any atom is 0.183 e. The molecule has 0 saturated carbocycles. The molecule has 0 aliphatic carbocycles. The van der Waals surface area contributed by atoms with Gasteiger partial charge in [0.05, 0.1) is 0 Å². The molecule has 0 atom stereocenters. The molecule has 19 heavy (non-hydrogen) atoms. The smallest absolute Gasteiger partial charge is 0.183 e. The van der Waals surface area contributed by atoms with Gasteiger partial charge in [-0.1, -0.05) is 36.4 Å². The summed E-state index contributed by atoms with van der Waals surface area (Å²) in [7, 11) is 3.26. The van der Waals surface area contributed by atoms with Crippen LogP contribution in [0.25, 0.3) is 12.2 Å². The monoisotopic (exact) mass is 255 g/mol. The fourth-order valence-corrected chi connectivity index (χ4v) is 1.80. The van der Waals surface area contributed by atoms with E-state index in [0.29, 0.717) is 0 Å². The topological polar surface area (TPSA) is 31.4 Å². The average molecular weight is 255 g/mol. The Kier molecular flexibility index (Phi) is 4.84. The molecule has 3 nitrogen and oxygen atoms in total. The summed E-state index contributed by atoms with van der Waals surface area (Å²) in [5.41, 5.74) is 3.27. The zero-order valence-electron chi connectivity index (χ0n) is 11.1. The second-order valence-corrected chi connectivity index (χ2v) is 4.08. The van der Waals surface area contributed by atoms with Crippen molar-refractivity contribution in [3.8, 4) is 0 Å². The Hall–Kier alpha value is -1.97. The van der Waals surface area contributed by atoms with Crippen LogP contribution in [0.1, 0.15) is 23.0 Å². The van der Waals surface area contributed by atoms with Crippen molar-refractivity contribution in [2.24, 2.45) is 0 Å². The SMILES string of the molecule is COC(OC)c1ccc(/C=C\c2ccncc2)cc1. The van der Waals surface area contributed by atoms with Crippen molar-refractivity contribution in [1.29, 1.82) is 0 Å². The summed E-state index contributed by atoms with van der Waals surface area (Å²) in [5, 5.41) is 0. The van der Waals surface area contributed by atoms with Crippen LogP contribution in [0.5, 0.6) is 0 Å². The average Bonchev–Trinajstić information content (AvgIpc) is 2.49. The highest BCUT2D eigenvalue weighted by Crippen LogP contribution is 2.18. The molecule has 0 fully saturated rings. The van der Waals surface area contributed by atoms with E-state index in [9.17, 15) is 0 Å². The Morgan fingerprint density at radius 3 is 1.89 bits per heavy atom. The van der Waals surface area contributed by atoms with E-state index < -0.39 is 0 Å². The van der Waals surface area contributed by atoms with Crippen molar-refractivity contribution < 1.29 is 9.47 Å². The summed E-state index contributed by atoms with van der Waals surface area (Å²) in [5.74, 6) is 0. The molecule has 0 bridgehead atoms. The van der Waals surface area contributed by atoms with Crippen LogP contribution in [0.4, 0.5) is 0 Å². The normalized spacial score (nSPS) is 11.3. The molecule has 0 radical (unpaired) electrons. The molecular weight excluding hydrogens is 238 g/mol. The molecule has 1 aromatic carbocycles. The van der Waals surface area contributed by atoms with Crippen molar-refractivity contribution in [3.63, 3.8) is 0 Å². The van der Waals surface area contributed by atoms with Gasteiger partial charge < -0.3 is 9.47 Å². The first kappa shape index (κ1) is 13.5. The molecule has 0 unspecified atom stereocenters. The summed E-state index contributed by atoms with van der Waals surface area (Å²) in [4.78, 5) is 3.99. The second-order valence-electron chi connectivity index (χ2n) is 4.08. The summed E-state index contributed by atoms with van der Waals surface area (Å²) >= 11 is 0. The second kappa shape index (κ2) is 6.83. The predicted octanol–water partition coefficient (Wildman–Crippen LogP) is 3.54. The lowest BCUT2D eigenvalue weighted by molar-refractivity contribution is -0.106. The summed E-state index contributed by atoms with van der Waals surface area (Å²) in [6, 6.07) is 12.0. The number of nitrogens with zero attached hydrogens (tertiary/aromatic N) is 1. The zero-order valence-corrected chi connectivity index (χ0v) is 11.1. The van der Waals surface area contributed by atoms with E-state index >= 15 is 0 Å². The molecule has 2 aromatic rings. The standard InChI is InChI=1S/C16H17NO2/c1-18-16(19-2)15-7-5-13(6-8-15)3-4-14-9-11-17-12-10-14/h3-12,16H,1-2H3/b4-3-. The van der Waals surface area contributed by atoms with Crippen LogP contribution in [0.15, 0.2) is 48.8 Å². The minimum atomic E-state index is -0.307. The van der Waals surface area contributed by atoms with Gasteiger partial charge in [0, 0.05) is 32.2 Å². The van der Waals surface area contributed by atoms with Crippen molar-refractivity contribution in [2.45, 2.75) is 6.29 Å². The first-order valence-electron chi connectivity index (χ1n) is 6.07. The number of benzene rings is 1. The number of rotatable bonds is 5. The first-order chi connectivity index (χ1) is 9.33. The third-order valence-corrected chi connectivity index (χ3v) is 2.81. The molecule has 0 aliphatic rings. The van der Waals surface area contributed by atoms with Crippen molar-refractivity contribution in [2.75, 3.05) is 14.2 Å². The van der Waals surface area contributed by atoms with Crippen LogP contribution in [-0.4, -0.2) is 19.2 Å². The van der Waals surface area contributed by atoms with E-state index in [4.69, 9.17) is 9.47 Å². The molecule has 3 heteroatoms. The van der Waals surface area contributed by atoms with E-state index in [-0.39, 0.29) is 6.29 Å². The van der Waals surface area contributed by atoms with Crippen LogP contribution in [0.3, 0.4) is 0 Å². The highest BCUT2D eigenvalue weighted by atomic mass is 16.7. The molecule has 1 aromatic heterocycles. The Labute approximate surface area is 113 Å². The van der Waals surface area contributed by atoms with Gasteiger partial charge in [-0.3, -0.25) is 4.98 Å². The van der Waals surface area contributed by atoms with Gasteiger partial charge in [0.15, 0.2) is 6.29 Å². The molecular formula is C16H17NO2. The highest BCUT2D eigenvalue weighted by Gasteiger charge is 2.07. The predicted molar refractivity (Wildman–Crippen MR) is 76.4 cm³/mol. The molecule has 0 amide bonds. The number of aromatic nitrogens is 1. The Balaban J connectivity index is 2.09. The molecule has 0 N–H and O–H groups in total. The van der Waals surface area contributed by atoms with Crippen molar-refractivity contribution >= 4 is 12.2 Å². The lowest BCUT2D eigenvalue weighted by atomic mass is 10.1. The van der Waals surface area contributed by atoms with Crippen molar-refractivity contribution in [3.05, 3.63) is 65.5 Å². The van der Waals surface area contributed by atoms with Crippen LogP contribution < -0.4 is 0 Å². The van der Waals surface area contributed by atoms with Gasteiger partial charge in [-0.25, -0.2) is 0 Å². The van der Waals surface area contributed by atoms with E-state index in [2.05, 4.69) is 17.1 Å². The third-order valence-electron chi connectivity index (χ3n) is 2.81. The highest BCUT2D eigenvalue weighted by molar-refractivity contribution is 5.69. The fraction of sp³-hybridized carbons (Fsp3) is 0.188. The number of ether oxygens (including phenoxy) is 2. The van der Waals surface area contributed by atoms with E-state index in [1.165, 1.54) is 0 Å². The quantitative estimate of drug-likeness (QED) is 0.766. The molecule has 0 saturated heterocycles. The number of hydrogen-bond acceptors (Lipinski definition) is 3. The lowest BCUT2D eigenvalue weighted by Crippen LogP contribution is -2.02. The summed E-state index contributed by atoms with van der Waals surface area (Å²) in [6.45, 7) is 0. The Bertz CT molecular complexity index is 516. The zero-order chi connectivity index (χ0) is 13.5. The molecule has 0 spiro atoms. The van der Waals surface area contributed by atoms with Crippen molar-refractivity contribution in [1.82, 2.24) is 4.98 Å². The van der Waals surface area contributed by atoms with E-state index in [1.807, 2.05) is 36.4 Å². The van der Waals surface area contributed by atoms with Gasteiger partial charge in [-0.15, -0.1) is 0 Å². The molecule has 2 rings (SSSR count). The number of methoxy groups -OCH3 is 2. The van der Waals surface area contributed by atoms with E-state index in [0.717, 1.165) is 16.7 Å². The largest absolute Gasteiger partial charge is 0.352 e. The van der Waals surface area contributed by atoms with Crippen LogP contribution in [0, 0.1) is 0 Å². The maximum absolute atomic E-state index is 5.21. The lowest BCUT2D eigenvalue weighted by Gasteiger charge is -2.13. The fourth-order valence-electron chi connectivity index (χ4n) is 1.80. The molecule has 1 heterocycles. The van der Waals surface area contributed by atoms with Crippen LogP contribution in [-0.2, 0) is 9.47 Å². The van der Waals surface area contributed by atoms with Gasteiger partial charge >= 0.3 is 0 Å². The Morgan fingerprint density at radius 1 is 0.842 bits per heavy atom. The van der Waals surface area contributed by atoms with Gasteiger partial charge in [0.2, 0.25) is 0 Å². The summed E-state index contributed by atoms with van der Waals surface area (Å²) in [6.07, 6.45) is 7.38. The van der Waals surface area contributed by atoms with Gasteiger partial charge in [-0.2, -0.15) is 0 Å². The van der Waals surface area contributed by atoms with Gasteiger partial charge in [0.1, 0.15) is 0 Å². The van der Waals surface area contributed by atoms with Crippen LogP contribution in [0.2, 0.25) is 0 Å². The number of pyridine rings is 1. The summed E-state index contributed by atoms with van der Waals surface area (Å²) < 4.78 is 10.4. The minimum absolute atomic E-state index is 0.307. The Morgan fingerprint density at radius 2 is 1.37 bits per heavy atom. The third kappa shape index (κ3) is 3.74.